The molecule has 4 heteroatoms. The summed E-state index contributed by atoms with van der Waals surface area (Å²) >= 11 is 0. The van der Waals surface area contributed by atoms with Gasteiger partial charge in [0.2, 0.25) is 11.8 Å². The van der Waals surface area contributed by atoms with Crippen molar-refractivity contribution in [3.05, 3.63) is 24.8 Å². The van der Waals surface area contributed by atoms with Crippen molar-refractivity contribution >= 4 is 11.8 Å². The first kappa shape index (κ1) is 14.4. The summed E-state index contributed by atoms with van der Waals surface area (Å²) in [5.41, 5.74) is 6.15. The predicted molar refractivity (Wildman–Crippen MR) is 64.5 cm³/mol. The van der Waals surface area contributed by atoms with Gasteiger partial charge in [0, 0.05) is 7.05 Å². The molecule has 90 valence electrons. The van der Waals surface area contributed by atoms with Crippen molar-refractivity contribution in [2.75, 3.05) is 7.05 Å². The fraction of sp³-hybridized carbons (Fsp3) is 0.500. The van der Waals surface area contributed by atoms with E-state index in [0.717, 1.165) is 5.57 Å². The van der Waals surface area contributed by atoms with E-state index >= 15 is 0 Å². The van der Waals surface area contributed by atoms with Gasteiger partial charge in [-0.15, -0.1) is 13.2 Å². The van der Waals surface area contributed by atoms with Gasteiger partial charge in [-0.2, -0.15) is 0 Å². The summed E-state index contributed by atoms with van der Waals surface area (Å²) in [6.45, 7) is 9.14. The Kier molecular flexibility index (Phi) is 6.15. The largest absolute Gasteiger partial charge is 0.369 e. The lowest BCUT2D eigenvalue weighted by atomic mass is 9.84. The molecule has 0 aliphatic heterocycles. The molecule has 16 heavy (non-hydrogen) atoms. The number of nitrogens with two attached hydrogens (primary N) is 1. The van der Waals surface area contributed by atoms with Crippen LogP contribution in [0, 0.1) is 11.8 Å². The van der Waals surface area contributed by atoms with E-state index in [2.05, 4.69) is 18.5 Å². The van der Waals surface area contributed by atoms with Crippen molar-refractivity contribution in [1.29, 1.82) is 0 Å². The monoisotopic (exact) mass is 224 g/mol. The van der Waals surface area contributed by atoms with Gasteiger partial charge >= 0.3 is 0 Å². The Bertz CT molecular complexity index is 297. The zero-order valence-electron chi connectivity index (χ0n) is 9.95. The highest BCUT2D eigenvalue weighted by Gasteiger charge is 2.30. The number of amides is 2. The van der Waals surface area contributed by atoms with Crippen LogP contribution in [0.1, 0.15) is 19.8 Å². The summed E-state index contributed by atoms with van der Waals surface area (Å²) in [7, 11) is 1.54. The minimum absolute atomic E-state index is 0.186. The van der Waals surface area contributed by atoms with Crippen molar-refractivity contribution in [2.45, 2.75) is 19.8 Å². The number of primary amides is 1. The highest BCUT2D eigenvalue weighted by atomic mass is 16.2. The van der Waals surface area contributed by atoms with Crippen molar-refractivity contribution in [1.82, 2.24) is 5.32 Å². The van der Waals surface area contributed by atoms with Gasteiger partial charge in [-0.1, -0.05) is 11.6 Å². The molecule has 4 nitrogen and oxygen atoms in total. The first-order valence-electron chi connectivity index (χ1n) is 5.20. The molecule has 0 radical (unpaired) electrons. The van der Waals surface area contributed by atoms with E-state index in [-0.39, 0.29) is 5.91 Å². The van der Waals surface area contributed by atoms with Crippen LogP contribution in [0.4, 0.5) is 0 Å². The average Bonchev–Trinajstić information content (AvgIpc) is 2.21. The van der Waals surface area contributed by atoms with Crippen molar-refractivity contribution < 1.29 is 9.59 Å². The first-order chi connectivity index (χ1) is 7.43. The van der Waals surface area contributed by atoms with E-state index in [0.29, 0.717) is 12.8 Å². The van der Waals surface area contributed by atoms with E-state index in [1.807, 2.05) is 6.92 Å². The Balaban J connectivity index is 4.93. The Morgan fingerprint density at radius 3 is 2.31 bits per heavy atom. The first-order valence-corrected chi connectivity index (χ1v) is 5.20. The smallest absolute Gasteiger partial charge is 0.223 e. The molecule has 1 unspecified atom stereocenters. The van der Waals surface area contributed by atoms with Crippen LogP contribution in [0.15, 0.2) is 24.8 Å². The van der Waals surface area contributed by atoms with E-state index in [4.69, 9.17) is 5.73 Å². The molecule has 0 saturated heterocycles. The van der Waals surface area contributed by atoms with Gasteiger partial charge in [0.05, 0.1) is 11.8 Å². The Morgan fingerprint density at radius 2 is 2.00 bits per heavy atom. The molecule has 0 heterocycles. The second-order valence-electron chi connectivity index (χ2n) is 3.92. The van der Waals surface area contributed by atoms with Crippen LogP contribution >= 0.6 is 0 Å². The van der Waals surface area contributed by atoms with E-state index < -0.39 is 17.7 Å². The van der Waals surface area contributed by atoms with Crippen molar-refractivity contribution in [3.8, 4) is 0 Å². The highest BCUT2D eigenvalue weighted by Crippen LogP contribution is 2.23. The maximum absolute atomic E-state index is 11.7. The van der Waals surface area contributed by atoms with Crippen LogP contribution in [0.5, 0.6) is 0 Å². The number of allylic oxidation sites excluding steroid dienone is 2. The highest BCUT2D eigenvalue weighted by molar-refractivity contribution is 5.87. The predicted octanol–water partition coefficient (Wildman–Crippen LogP) is 0.992. The second kappa shape index (κ2) is 6.82. The molecule has 0 spiro atoms. The normalized spacial score (nSPS) is 13.6. The molecular weight excluding hydrogens is 204 g/mol. The number of carbonyl (C=O) groups excluding carboxylic acids is 2. The van der Waals surface area contributed by atoms with Gasteiger partial charge < -0.3 is 11.1 Å². The maximum Gasteiger partial charge on any atom is 0.223 e. The lowest BCUT2D eigenvalue weighted by molar-refractivity contribution is -0.132. The standard InChI is InChI=1S/C12H20N2O2/c1-5-6-9(11(13)15)10(7-8(2)3)12(16)14-4/h5,9-10H,1-2,6-7H2,3-4H3,(H2,13,15)(H,14,16)/t9-,10?/m0/s1. The molecule has 0 aliphatic carbocycles. The Hall–Kier alpha value is -1.58. The molecule has 0 bridgehead atoms. The zero-order chi connectivity index (χ0) is 12.7. The van der Waals surface area contributed by atoms with Gasteiger partial charge in [-0.25, -0.2) is 0 Å². The van der Waals surface area contributed by atoms with E-state index in [9.17, 15) is 9.59 Å². The third-order valence-electron chi connectivity index (χ3n) is 2.42. The van der Waals surface area contributed by atoms with Crippen LogP contribution < -0.4 is 11.1 Å². The molecule has 0 aromatic rings. The molecule has 0 rings (SSSR count). The SMILES string of the molecule is C=CC[C@H](C(N)=O)C(CC(=C)C)C(=O)NC. The number of hydrogen-bond acceptors (Lipinski definition) is 2. The molecule has 2 atom stereocenters. The molecule has 0 saturated carbocycles. The number of nitrogens with one attached hydrogen (secondary N) is 1. The third kappa shape index (κ3) is 4.29. The lowest BCUT2D eigenvalue weighted by Crippen LogP contribution is -2.39. The summed E-state index contributed by atoms with van der Waals surface area (Å²) in [5, 5.41) is 2.54. The quantitative estimate of drug-likeness (QED) is 0.633. The average molecular weight is 224 g/mol. The molecule has 2 amide bonds. The fourth-order valence-electron chi connectivity index (χ4n) is 1.64. The molecule has 3 N–H and O–H groups in total. The zero-order valence-corrected chi connectivity index (χ0v) is 9.95. The van der Waals surface area contributed by atoms with Gasteiger partial charge in [-0.3, -0.25) is 9.59 Å². The van der Waals surface area contributed by atoms with Gasteiger partial charge in [0.25, 0.3) is 0 Å². The number of hydrogen-bond donors (Lipinski definition) is 2. The van der Waals surface area contributed by atoms with Gasteiger partial charge in [-0.05, 0) is 19.8 Å². The molecular formula is C12H20N2O2. The third-order valence-corrected chi connectivity index (χ3v) is 2.42. The van der Waals surface area contributed by atoms with Crippen LogP contribution in [0.3, 0.4) is 0 Å². The van der Waals surface area contributed by atoms with Gasteiger partial charge in [0.1, 0.15) is 0 Å². The number of rotatable bonds is 7. The van der Waals surface area contributed by atoms with Gasteiger partial charge in [0.15, 0.2) is 0 Å². The Labute approximate surface area is 96.6 Å². The topological polar surface area (TPSA) is 72.2 Å². The second-order valence-corrected chi connectivity index (χ2v) is 3.92. The fourth-order valence-corrected chi connectivity index (χ4v) is 1.64. The summed E-state index contributed by atoms with van der Waals surface area (Å²) < 4.78 is 0. The maximum atomic E-state index is 11.7. The van der Waals surface area contributed by atoms with Crippen molar-refractivity contribution in [3.63, 3.8) is 0 Å². The molecule has 0 aromatic carbocycles. The minimum atomic E-state index is -0.519. The van der Waals surface area contributed by atoms with Crippen molar-refractivity contribution in [2.24, 2.45) is 17.6 Å². The van der Waals surface area contributed by atoms with Crippen LogP contribution in [0.2, 0.25) is 0 Å². The number of carbonyl (C=O) groups is 2. The summed E-state index contributed by atoms with van der Waals surface area (Å²) in [4.78, 5) is 23.0. The minimum Gasteiger partial charge on any atom is -0.369 e. The van der Waals surface area contributed by atoms with E-state index in [1.165, 1.54) is 0 Å². The molecule has 0 aliphatic rings. The lowest BCUT2D eigenvalue weighted by Gasteiger charge is -2.22. The van der Waals surface area contributed by atoms with Crippen LogP contribution in [-0.4, -0.2) is 18.9 Å². The Morgan fingerprint density at radius 1 is 1.44 bits per heavy atom. The van der Waals surface area contributed by atoms with E-state index in [1.54, 1.807) is 13.1 Å². The summed E-state index contributed by atoms with van der Waals surface area (Å²) in [6.07, 6.45) is 2.46. The van der Waals surface area contributed by atoms with Crippen LogP contribution in [-0.2, 0) is 9.59 Å². The summed E-state index contributed by atoms with van der Waals surface area (Å²) in [5.74, 6) is -1.64. The molecule has 0 aromatic heterocycles. The summed E-state index contributed by atoms with van der Waals surface area (Å²) in [6, 6.07) is 0. The molecule has 0 fully saturated rings. The van der Waals surface area contributed by atoms with Crippen LogP contribution in [0.25, 0.3) is 0 Å².